The Bertz CT molecular complexity index is 540. The van der Waals surface area contributed by atoms with Crippen molar-refractivity contribution in [2.45, 2.75) is 65.5 Å². The van der Waals surface area contributed by atoms with Gasteiger partial charge in [-0.25, -0.2) is 14.7 Å². The summed E-state index contributed by atoms with van der Waals surface area (Å²) in [5.41, 5.74) is -0.917. The van der Waals surface area contributed by atoms with Crippen LogP contribution in [-0.4, -0.2) is 38.8 Å². The lowest BCUT2D eigenvalue weighted by Gasteiger charge is -2.37. The lowest BCUT2D eigenvalue weighted by atomic mass is 9.85. The molecule has 0 spiro atoms. The van der Waals surface area contributed by atoms with Crippen LogP contribution in [0, 0.1) is 12.3 Å². The van der Waals surface area contributed by atoms with Crippen LogP contribution < -0.4 is 4.90 Å². The summed E-state index contributed by atoms with van der Waals surface area (Å²) in [7, 11) is 0. The smallest absolute Gasteiger partial charge is 0.416 e. The van der Waals surface area contributed by atoms with Crippen LogP contribution in [0.25, 0.3) is 0 Å². The molecule has 124 valence electrons. The zero-order valence-corrected chi connectivity index (χ0v) is 14.7. The van der Waals surface area contributed by atoms with E-state index in [0.717, 1.165) is 19.3 Å². The van der Waals surface area contributed by atoms with E-state index in [9.17, 15) is 9.90 Å². The Labute approximate surface area is 135 Å². The molecule has 1 aliphatic rings. The Morgan fingerprint density at radius 3 is 2.73 bits per heavy atom. The van der Waals surface area contributed by atoms with Crippen molar-refractivity contribution in [3.63, 3.8) is 0 Å². The summed E-state index contributed by atoms with van der Waals surface area (Å²) in [6.45, 7) is 9.37. The van der Waals surface area contributed by atoms with E-state index in [1.807, 2.05) is 27.7 Å². The average Bonchev–Trinajstić information content (AvgIpc) is 2.96. The fourth-order valence-electron chi connectivity index (χ4n) is 2.87. The molecule has 0 aromatic carbocycles. The molecule has 0 bridgehead atoms. The van der Waals surface area contributed by atoms with Crippen LogP contribution in [0.2, 0.25) is 0 Å². The summed E-state index contributed by atoms with van der Waals surface area (Å²) >= 11 is 1.19. The lowest BCUT2D eigenvalue weighted by Crippen LogP contribution is -2.50. The van der Waals surface area contributed by atoms with Crippen LogP contribution in [0.5, 0.6) is 0 Å². The SMILES string of the molecule is Cc1nsc(N(C(=O)OC(C)(C)C)C2CCCC2(C)CO)n1. The highest BCUT2D eigenvalue weighted by molar-refractivity contribution is 7.09. The average molecular weight is 327 g/mol. The molecule has 1 aliphatic carbocycles. The van der Waals surface area contributed by atoms with E-state index >= 15 is 0 Å². The second-order valence-corrected chi connectivity index (χ2v) is 7.92. The molecule has 6 nitrogen and oxygen atoms in total. The number of hydrogen-bond acceptors (Lipinski definition) is 6. The Kier molecular flexibility index (Phi) is 4.77. The third kappa shape index (κ3) is 3.57. The van der Waals surface area contributed by atoms with Crippen molar-refractivity contribution in [1.29, 1.82) is 0 Å². The number of amides is 1. The van der Waals surface area contributed by atoms with Crippen molar-refractivity contribution in [1.82, 2.24) is 9.36 Å². The number of hydrogen-bond donors (Lipinski definition) is 1. The second-order valence-electron chi connectivity index (χ2n) is 7.19. The van der Waals surface area contributed by atoms with Gasteiger partial charge in [-0.1, -0.05) is 13.3 Å². The van der Waals surface area contributed by atoms with E-state index in [4.69, 9.17) is 4.74 Å². The molecule has 0 aliphatic heterocycles. The Balaban J connectivity index is 2.36. The fourth-order valence-corrected chi connectivity index (χ4v) is 3.59. The van der Waals surface area contributed by atoms with Gasteiger partial charge in [0.15, 0.2) is 0 Å². The number of aryl methyl sites for hydroxylation is 1. The number of aliphatic hydroxyl groups is 1. The molecule has 1 N–H and O–H groups in total. The van der Waals surface area contributed by atoms with Gasteiger partial charge >= 0.3 is 6.09 Å². The molecule has 22 heavy (non-hydrogen) atoms. The van der Waals surface area contributed by atoms with Gasteiger partial charge in [0.25, 0.3) is 0 Å². The molecule has 2 unspecified atom stereocenters. The molecule has 0 radical (unpaired) electrons. The van der Waals surface area contributed by atoms with Gasteiger partial charge in [-0.2, -0.15) is 4.37 Å². The first-order valence-corrected chi connectivity index (χ1v) is 8.37. The highest BCUT2D eigenvalue weighted by atomic mass is 32.1. The van der Waals surface area contributed by atoms with Crippen molar-refractivity contribution < 1.29 is 14.6 Å². The molecule has 1 saturated carbocycles. The quantitative estimate of drug-likeness (QED) is 0.923. The zero-order chi connectivity index (χ0) is 16.5. The van der Waals surface area contributed by atoms with Crippen molar-refractivity contribution in [2.24, 2.45) is 5.41 Å². The predicted molar refractivity (Wildman–Crippen MR) is 86.2 cm³/mol. The molecule has 1 amide bonds. The molecule has 2 atom stereocenters. The van der Waals surface area contributed by atoms with E-state index in [1.165, 1.54) is 11.5 Å². The largest absolute Gasteiger partial charge is 0.443 e. The third-order valence-corrected chi connectivity index (χ3v) is 4.82. The van der Waals surface area contributed by atoms with Gasteiger partial charge in [0.1, 0.15) is 11.4 Å². The first-order chi connectivity index (χ1) is 10.2. The summed E-state index contributed by atoms with van der Waals surface area (Å²) in [5, 5.41) is 10.3. The van der Waals surface area contributed by atoms with Gasteiger partial charge in [0.2, 0.25) is 5.13 Å². The molecule has 1 aromatic heterocycles. The maximum atomic E-state index is 12.7. The van der Waals surface area contributed by atoms with Crippen LogP contribution in [0.4, 0.5) is 9.93 Å². The van der Waals surface area contributed by atoms with Crippen molar-refractivity contribution in [3.05, 3.63) is 5.82 Å². The number of carbonyl (C=O) groups excluding carboxylic acids is 1. The van der Waals surface area contributed by atoms with Crippen LogP contribution in [-0.2, 0) is 4.74 Å². The van der Waals surface area contributed by atoms with E-state index in [0.29, 0.717) is 11.0 Å². The van der Waals surface area contributed by atoms with Crippen molar-refractivity contribution in [2.75, 3.05) is 11.5 Å². The van der Waals surface area contributed by atoms with Crippen molar-refractivity contribution >= 4 is 22.8 Å². The first kappa shape index (κ1) is 17.1. The number of aromatic nitrogens is 2. The van der Waals surface area contributed by atoms with E-state index in [2.05, 4.69) is 9.36 Å². The number of anilines is 1. The van der Waals surface area contributed by atoms with Crippen LogP contribution in [0.15, 0.2) is 0 Å². The lowest BCUT2D eigenvalue weighted by molar-refractivity contribution is 0.0512. The van der Waals surface area contributed by atoms with Crippen LogP contribution in [0.1, 0.15) is 52.8 Å². The highest BCUT2D eigenvalue weighted by Crippen LogP contribution is 2.43. The fraction of sp³-hybridized carbons (Fsp3) is 0.800. The summed E-state index contributed by atoms with van der Waals surface area (Å²) in [4.78, 5) is 18.7. The molecule has 1 aromatic rings. The summed E-state index contributed by atoms with van der Waals surface area (Å²) in [5.74, 6) is 0.636. The first-order valence-electron chi connectivity index (χ1n) is 7.60. The maximum Gasteiger partial charge on any atom is 0.416 e. The minimum Gasteiger partial charge on any atom is -0.443 e. The predicted octanol–water partition coefficient (Wildman–Crippen LogP) is 3.14. The second kappa shape index (κ2) is 6.12. The number of carbonyl (C=O) groups is 1. The molecule has 0 saturated heterocycles. The molecule has 1 fully saturated rings. The molecular formula is C15H25N3O3S. The van der Waals surface area contributed by atoms with Gasteiger partial charge in [-0.05, 0) is 40.5 Å². The normalized spacial score (nSPS) is 25.3. The van der Waals surface area contributed by atoms with E-state index in [1.54, 1.807) is 11.8 Å². The van der Waals surface area contributed by atoms with Gasteiger partial charge in [0.05, 0.1) is 12.6 Å². The third-order valence-electron chi connectivity index (χ3n) is 4.02. The number of rotatable bonds is 3. The van der Waals surface area contributed by atoms with Crippen molar-refractivity contribution in [3.8, 4) is 0 Å². The zero-order valence-electron chi connectivity index (χ0n) is 13.9. The van der Waals surface area contributed by atoms with Crippen LogP contribution >= 0.6 is 11.5 Å². The number of nitrogens with zero attached hydrogens (tertiary/aromatic N) is 3. The Hall–Kier alpha value is -1.21. The summed E-state index contributed by atoms with van der Waals surface area (Å²) in [6, 6.07) is -0.125. The molecule has 7 heteroatoms. The number of aliphatic hydroxyl groups excluding tert-OH is 1. The van der Waals surface area contributed by atoms with Gasteiger partial charge in [-0.15, -0.1) is 0 Å². The topological polar surface area (TPSA) is 75.6 Å². The minimum absolute atomic E-state index is 0.0365. The molecular weight excluding hydrogens is 302 g/mol. The molecule has 1 heterocycles. The van der Waals surface area contributed by atoms with Gasteiger partial charge in [-0.3, -0.25) is 0 Å². The highest BCUT2D eigenvalue weighted by Gasteiger charge is 2.46. The number of ether oxygens (including phenoxy) is 1. The van der Waals surface area contributed by atoms with Gasteiger partial charge in [0, 0.05) is 16.9 Å². The Morgan fingerprint density at radius 1 is 1.55 bits per heavy atom. The van der Waals surface area contributed by atoms with E-state index in [-0.39, 0.29) is 18.1 Å². The maximum absolute atomic E-state index is 12.7. The monoisotopic (exact) mass is 327 g/mol. The summed E-state index contributed by atoms with van der Waals surface area (Å²) < 4.78 is 9.74. The summed E-state index contributed by atoms with van der Waals surface area (Å²) in [6.07, 6.45) is 2.26. The van der Waals surface area contributed by atoms with E-state index < -0.39 is 11.7 Å². The Morgan fingerprint density at radius 2 is 2.23 bits per heavy atom. The molecule has 2 rings (SSSR count). The van der Waals surface area contributed by atoms with Crippen LogP contribution in [0.3, 0.4) is 0 Å². The minimum atomic E-state index is -0.580. The standard InChI is InChI=1S/C15H25N3O3S/c1-10-16-12(22-17-10)18(13(20)21-14(2,3)4)11-7-6-8-15(11,5)9-19/h11,19H,6-9H2,1-5H3. The van der Waals surface area contributed by atoms with Gasteiger partial charge < -0.3 is 9.84 Å².